The number of nitrogens with zero attached hydrogens (tertiary/aromatic N) is 2. The second kappa shape index (κ2) is 5.89. The Morgan fingerprint density at radius 3 is 2.76 bits per heavy atom. The molecule has 29 heavy (non-hydrogen) atoms. The lowest BCUT2D eigenvalue weighted by Gasteiger charge is -2.31. The summed E-state index contributed by atoms with van der Waals surface area (Å²) >= 11 is 1.53. The van der Waals surface area contributed by atoms with Crippen LogP contribution in [0.25, 0.3) is 0 Å². The van der Waals surface area contributed by atoms with E-state index in [9.17, 15) is 5.11 Å². The van der Waals surface area contributed by atoms with Gasteiger partial charge >= 0.3 is 0 Å². The summed E-state index contributed by atoms with van der Waals surface area (Å²) in [7, 11) is 0. The van der Waals surface area contributed by atoms with E-state index in [2.05, 4.69) is 12.1 Å². The van der Waals surface area contributed by atoms with E-state index in [0.717, 1.165) is 21.7 Å². The third-order valence-corrected chi connectivity index (χ3v) is 6.87. The second-order valence-electron chi connectivity index (χ2n) is 7.39. The Bertz CT molecular complexity index is 1180. The molecule has 7 heteroatoms. The maximum absolute atomic E-state index is 11.6. The van der Waals surface area contributed by atoms with Crippen LogP contribution in [-0.4, -0.2) is 24.7 Å². The first-order valence-electron chi connectivity index (χ1n) is 9.29. The van der Waals surface area contributed by atoms with E-state index in [-0.39, 0.29) is 6.79 Å². The number of hydrogen-bond acceptors (Lipinski definition) is 7. The Kier molecular flexibility index (Phi) is 3.40. The summed E-state index contributed by atoms with van der Waals surface area (Å²) in [5, 5.41) is 22.6. The van der Waals surface area contributed by atoms with Gasteiger partial charge in [-0.3, -0.25) is 0 Å². The van der Waals surface area contributed by atoms with Crippen LogP contribution in [0.5, 0.6) is 17.2 Å². The first-order valence-corrected chi connectivity index (χ1v) is 10.2. The van der Waals surface area contributed by atoms with Gasteiger partial charge in [0.25, 0.3) is 0 Å². The van der Waals surface area contributed by atoms with Crippen LogP contribution in [0.2, 0.25) is 0 Å². The molecule has 1 aromatic heterocycles. The fraction of sp³-hybridized carbons (Fsp3) is 0.227. The van der Waals surface area contributed by atoms with E-state index in [4.69, 9.17) is 19.5 Å². The van der Waals surface area contributed by atoms with Gasteiger partial charge in [0.15, 0.2) is 11.5 Å². The smallest absolute Gasteiger partial charge is 0.231 e. The number of nitriles is 1. The molecule has 2 atom stereocenters. The average Bonchev–Trinajstić information content (AvgIpc) is 3.51. The number of aliphatic hydroxyl groups excluding tert-OH is 1. The molecular weight excluding hydrogens is 388 g/mol. The maximum atomic E-state index is 11.6. The topological polar surface area (TPSA) is 75.0 Å². The van der Waals surface area contributed by atoms with E-state index in [1.807, 2.05) is 46.7 Å². The van der Waals surface area contributed by atoms with Crippen LogP contribution < -0.4 is 19.1 Å². The predicted molar refractivity (Wildman–Crippen MR) is 107 cm³/mol. The molecule has 0 saturated heterocycles. The van der Waals surface area contributed by atoms with E-state index in [1.165, 1.54) is 11.3 Å². The molecule has 0 aliphatic carbocycles. The minimum absolute atomic E-state index is 0.191. The van der Waals surface area contributed by atoms with Crippen LogP contribution in [0, 0.1) is 11.3 Å². The van der Waals surface area contributed by atoms with Crippen molar-refractivity contribution >= 4 is 17.0 Å². The number of benzene rings is 2. The summed E-state index contributed by atoms with van der Waals surface area (Å²) in [6.07, 6.45) is -0.811. The summed E-state index contributed by atoms with van der Waals surface area (Å²) in [6, 6.07) is 15.9. The number of hydrogen-bond donors (Lipinski definition) is 1. The minimum atomic E-state index is -0.811. The van der Waals surface area contributed by atoms with Crippen LogP contribution in [0.4, 0.5) is 5.69 Å². The Morgan fingerprint density at radius 2 is 1.93 bits per heavy atom. The fourth-order valence-electron chi connectivity index (χ4n) is 4.60. The van der Waals surface area contributed by atoms with Crippen molar-refractivity contribution in [3.8, 4) is 23.3 Å². The van der Waals surface area contributed by atoms with Crippen molar-refractivity contribution in [3.63, 3.8) is 0 Å². The van der Waals surface area contributed by atoms with Gasteiger partial charge in [-0.25, -0.2) is 0 Å². The molecule has 6 nitrogen and oxygen atoms in total. The van der Waals surface area contributed by atoms with E-state index >= 15 is 0 Å². The number of fused-ring (bicyclic) bond motifs is 5. The third-order valence-electron chi connectivity index (χ3n) is 5.95. The second-order valence-corrected chi connectivity index (χ2v) is 8.39. The highest BCUT2D eigenvalue weighted by atomic mass is 32.1. The summed E-state index contributed by atoms with van der Waals surface area (Å²) in [6.45, 7) is 1.05. The molecule has 3 aromatic rings. The quantitative estimate of drug-likeness (QED) is 0.706. The van der Waals surface area contributed by atoms with Gasteiger partial charge in [-0.15, -0.1) is 11.3 Å². The van der Waals surface area contributed by atoms with Crippen molar-refractivity contribution in [1.29, 1.82) is 5.26 Å². The predicted octanol–water partition coefficient (Wildman–Crippen LogP) is 3.37. The van der Waals surface area contributed by atoms with Gasteiger partial charge in [0.2, 0.25) is 6.79 Å². The highest BCUT2D eigenvalue weighted by Crippen LogP contribution is 2.56. The van der Waals surface area contributed by atoms with Gasteiger partial charge in [0, 0.05) is 27.6 Å². The summed E-state index contributed by atoms with van der Waals surface area (Å²) < 4.78 is 17.1. The van der Waals surface area contributed by atoms with Gasteiger partial charge in [-0.2, -0.15) is 5.26 Å². The van der Waals surface area contributed by atoms with Gasteiger partial charge < -0.3 is 24.2 Å². The molecule has 0 radical (unpaired) electrons. The highest BCUT2D eigenvalue weighted by molar-refractivity contribution is 7.10. The van der Waals surface area contributed by atoms with Gasteiger partial charge in [-0.05, 0) is 23.8 Å². The summed E-state index contributed by atoms with van der Waals surface area (Å²) in [4.78, 5) is 3.02. The molecule has 0 fully saturated rings. The lowest BCUT2D eigenvalue weighted by molar-refractivity contribution is 0.0942. The van der Waals surface area contributed by atoms with E-state index in [0.29, 0.717) is 36.0 Å². The molecular formula is C22H16N2O4S. The highest BCUT2D eigenvalue weighted by Gasteiger charge is 2.56. The molecule has 144 valence electrons. The molecule has 3 aliphatic heterocycles. The number of para-hydroxylation sites is 1. The zero-order chi connectivity index (χ0) is 19.6. The van der Waals surface area contributed by atoms with Crippen LogP contribution in [0.1, 0.15) is 21.6 Å². The molecule has 0 saturated carbocycles. The van der Waals surface area contributed by atoms with Gasteiger partial charge in [0.05, 0.1) is 12.1 Å². The van der Waals surface area contributed by atoms with Crippen molar-refractivity contribution in [2.24, 2.45) is 0 Å². The zero-order valence-electron chi connectivity index (χ0n) is 15.3. The largest absolute Gasteiger partial charge is 0.492 e. The molecule has 6 rings (SSSR count). The molecule has 4 heterocycles. The van der Waals surface area contributed by atoms with E-state index in [1.54, 1.807) is 0 Å². The number of aliphatic hydroxyl groups is 1. The minimum Gasteiger partial charge on any atom is -0.492 e. The normalized spacial score (nSPS) is 23.0. The lowest BCUT2D eigenvalue weighted by atomic mass is 9.76. The Labute approximate surface area is 171 Å². The van der Waals surface area contributed by atoms with Crippen molar-refractivity contribution in [2.75, 3.05) is 18.3 Å². The lowest BCUT2D eigenvalue weighted by Crippen LogP contribution is -2.46. The molecule has 2 aromatic carbocycles. The standard InChI is InChI=1S/C22H16N2O4S/c23-8-13-5-14(29-10-13)9-24-17-4-2-1-3-15(17)22(21(24)25)11-26-18-7-20-19(6-16(18)22)27-12-28-20/h1-7,10,21,25H,9,11-12H2. The van der Waals surface area contributed by atoms with E-state index < -0.39 is 11.6 Å². The first-order chi connectivity index (χ1) is 14.2. The maximum Gasteiger partial charge on any atom is 0.231 e. The molecule has 3 aliphatic rings. The first kappa shape index (κ1) is 16.7. The number of ether oxygens (including phenoxy) is 3. The van der Waals surface area contributed by atoms with Gasteiger partial charge in [0.1, 0.15) is 30.1 Å². The van der Waals surface area contributed by atoms with Crippen molar-refractivity contribution in [1.82, 2.24) is 0 Å². The Hall–Kier alpha value is -3.21. The van der Waals surface area contributed by atoms with Crippen LogP contribution in [0.3, 0.4) is 0 Å². The SMILES string of the molecule is N#Cc1csc(CN2c3ccccc3C3(COc4cc5c(cc43)OCO5)C2O)c1. The monoisotopic (exact) mass is 404 g/mol. The molecule has 0 amide bonds. The molecule has 2 unspecified atom stereocenters. The van der Waals surface area contributed by atoms with Crippen molar-refractivity contribution < 1.29 is 19.3 Å². The molecule has 1 spiro atoms. The van der Waals surface area contributed by atoms with Crippen LogP contribution >= 0.6 is 11.3 Å². The van der Waals surface area contributed by atoms with Gasteiger partial charge in [-0.1, -0.05) is 18.2 Å². The summed E-state index contributed by atoms with van der Waals surface area (Å²) in [5.41, 5.74) is 2.85. The van der Waals surface area contributed by atoms with Crippen molar-refractivity contribution in [3.05, 3.63) is 69.4 Å². The summed E-state index contributed by atoms with van der Waals surface area (Å²) in [5.74, 6) is 2.06. The number of thiophene rings is 1. The molecule has 1 N–H and O–H groups in total. The van der Waals surface area contributed by atoms with Crippen LogP contribution in [0.15, 0.2) is 47.8 Å². The third kappa shape index (κ3) is 2.18. The zero-order valence-corrected chi connectivity index (χ0v) is 16.1. The van der Waals surface area contributed by atoms with Crippen molar-refractivity contribution in [2.45, 2.75) is 18.2 Å². The molecule has 0 bridgehead atoms. The number of rotatable bonds is 2. The Morgan fingerprint density at radius 1 is 1.10 bits per heavy atom. The number of anilines is 1. The average molecular weight is 404 g/mol. The van der Waals surface area contributed by atoms with Crippen LogP contribution in [-0.2, 0) is 12.0 Å². The fourth-order valence-corrected chi connectivity index (χ4v) is 5.40. The Balaban J connectivity index is 1.48.